The number of fused-ring (bicyclic) bond motifs is 9. The molecule has 2 fully saturated rings. The number of aromatic amines is 1. The molecule has 1 saturated heterocycles. The van der Waals surface area contributed by atoms with Gasteiger partial charge in [0.15, 0.2) is 0 Å². The molecule has 3 unspecified atom stereocenters. The van der Waals surface area contributed by atoms with Crippen molar-refractivity contribution in [2.45, 2.75) is 136 Å². The number of esters is 1. The Kier molecular flexibility index (Phi) is 10.8. The molecule has 0 radical (unpaired) electrons. The van der Waals surface area contributed by atoms with E-state index in [0.29, 0.717) is 29.5 Å². The topological polar surface area (TPSA) is 122 Å². The number of hydrogen-bond acceptors (Lipinski definition) is 7. The summed E-state index contributed by atoms with van der Waals surface area (Å²) in [5, 5.41) is 5.56. The summed E-state index contributed by atoms with van der Waals surface area (Å²) in [6.45, 7) is 23.5. The summed E-state index contributed by atoms with van der Waals surface area (Å²) in [4.78, 5) is 44.9. The number of nitrogens with zero attached hydrogens (tertiary/aromatic N) is 1. The molecule has 2 aliphatic heterocycles. The molecule has 2 aromatic carbocycles. The number of benzene rings is 2. The van der Waals surface area contributed by atoms with Crippen LogP contribution in [0.3, 0.4) is 0 Å². The smallest absolute Gasteiger partial charge is 0.408 e. The first kappa shape index (κ1) is 39.6. The lowest BCUT2D eigenvalue weighted by molar-refractivity contribution is -0.151. The molecule has 3 N–H and O–H groups in total. The van der Waals surface area contributed by atoms with Gasteiger partial charge in [0.2, 0.25) is 0 Å². The SMILES string of the molecule is CC(C)[Si](Oc1cc2cc(c1)-c1ccc3[nH]c(I)c(c3c1)CC(C)(C)COC(=O)C1NN(C(=O)[C@@H](NC(=O)OC(C)(C)C)C2)C2CC12)(C(C)C)C(C)C. The average Bonchev–Trinajstić information content (AvgIpc) is 3.65. The van der Waals surface area contributed by atoms with Gasteiger partial charge in [-0.1, -0.05) is 67.5 Å². The van der Waals surface area contributed by atoms with Crippen molar-refractivity contribution >= 4 is 59.8 Å². The number of alkyl carbamates (subject to hydrolysis) is 1. The molecule has 0 spiro atoms. The normalized spacial score (nSPS) is 23.3. The molecule has 6 bridgehead atoms. The second-order valence-electron chi connectivity index (χ2n) is 18.1. The van der Waals surface area contributed by atoms with Crippen molar-refractivity contribution in [2.75, 3.05) is 6.61 Å². The van der Waals surface area contributed by atoms with Gasteiger partial charge in [0, 0.05) is 28.7 Å². The van der Waals surface area contributed by atoms with E-state index >= 15 is 0 Å². The van der Waals surface area contributed by atoms with Crippen LogP contribution in [0.15, 0.2) is 36.4 Å². The van der Waals surface area contributed by atoms with Gasteiger partial charge in [0.05, 0.1) is 16.3 Å². The predicted molar refractivity (Wildman–Crippen MR) is 219 cm³/mol. The first-order valence-electron chi connectivity index (χ1n) is 19.1. The van der Waals surface area contributed by atoms with Crippen molar-refractivity contribution in [2.24, 2.45) is 11.3 Å². The molecule has 1 aromatic heterocycles. The van der Waals surface area contributed by atoms with Crippen LogP contribution in [0.5, 0.6) is 5.75 Å². The number of rotatable bonds is 6. The van der Waals surface area contributed by atoms with Gasteiger partial charge < -0.3 is 24.2 Å². The number of carbonyl (C=O) groups is 3. The maximum atomic E-state index is 14.5. The molecular weight excluding hydrogens is 799 g/mol. The summed E-state index contributed by atoms with van der Waals surface area (Å²) in [6, 6.07) is 11.0. The molecule has 10 nitrogen and oxygen atoms in total. The van der Waals surface area contributed by atoms with Gasteiger partial charge >= 0.3 is 12.1 Å². The van der Waals surface area contributed by atoms with Crippen molar-refractivity contribution in [3.63, 3.8) is 0 Å². The third-order valence-electron chi connectivity index (χ3n) is 11.2. The Morgan fingerprint density at radius 1 is 1.02 bits per heavy atom. The third-order valence-corrected chi connectivity index (χ3v) is 18.1. The van der Waals surface area contributed by atoms with Gasteiger partial charge in [-0.15, -0.1) is 0 Å². The molecule has 6 rings (SSSR count). The number of aromatic nitrogens is 1. The molecule has 2 amide bonds. The molecule has 1 aliphatic carbocycles. The molecule has 12 heteroatoms. The maximum absolute atomic E-state index is 14.5. The van der Waals surface area contributed by atoms with Crippen LogP contribution in [0.4, 0.5) is 4.79 Å². The quantitative estimate of drug-likeness (QED) is 0.129. The van der Waals surface area contributed by atoms with E-state index in [1.807, 2.05) is 6.07 Å². The Morgan fingerprint density at radius 2 is 1.70 bits per heavy atom. The Labute approximate surface area is 329 Å². The van der Waals surface area contributed by atoms with Crippen molar-refractivity contribution in [3.05, 3.63) is 51.2 Å². The van der Waals surface area contributed by atoms with Gasteiger partial charge in [-0.2, -0.15) is 0 Å². The third kappa shape index (κ3) is 8.15. The van der Waals surface area contributed by atoms with Gasteiger partial charge in [0.1, 0.15) is 23.4 Å². The van der Waals surface area contributed by atoms with Crippen LogP contribution in [-0.2, 0) is 31.9 Å². The van der Waals surface area contributed by atoms with Crippen LogP contribution < -0.4 is 15.2 Å². The summed E-state index contributed by atoms with van der Waals surface area (Å²) in [7, 11) is -2.37. The van der Waals surface area contributed by atoms with E-state index < -0.39 is 32.1 Å². The van der Waals surface area contributed by atoms with Gasteiger partial charge in [-0.3, -0.25) is 14.6 Å². The zero-order chi connectivity index (χ0) is 38.8. The number of hydrazine groups is 1. The number of amides is 2. The highest BCUT2D eigenvalue weighted by molar-refractivity contribution is 14.1. The van der Waals surface area contributed by atoms with E-state index in [1.165, 1.54) is 5.56 Å². The largest absolute Gasteiger partial charge is 0.543 e. The molecule has 3 heterocycles. The summed E-state index contributed by atoms with van der Waals surface area (Å²) in [5.74, 6) is 0.0380. The lowest BCUT2D eigenvalue weighted by Gasteiger charge is -2.42. The van der Waals surface area contributed by atoms with Crippen molar-refractivity contribution in [1.29, 1.82) is 0 Å². The fourth-order valence-electron chi connectivity index (χ4n) is 8.72. The number of H-pyrrole nitrogens is 1. The highest BCUT2D eigenvalue weighted by atomic mass is 127. The minimum absolute atomic E-state index is 0.0462. The molecule has 4 atom stereocenters. The molecule has 1 saturated carbocycles. The zero-order valence-electron chi connectivity index (χ0n) is 33.1. The summed E-state index contributed by atoms with van der Waals surface area (Å²) < 4.78 is 20.0. The minimum atomic E-state index is -2.37. The van der Waals surface area contributed by atoms with Gasteiger partial charge in [-0.05, 0) is 119 Å². The highest BCUT2D eigenvalue weighted by Gasteiger charge is 2.59. The predicted octanol–water partition coefficient (Wildman–Crippen LogP) is 8.66. The van der Waals surface area contributed by atoms with Crippen LogP contribution in [0.1, 0.15) is 93.7 Å². The van der Waals surface area contributed by atoms with E-state index in [4.69, 9.17) is 13.9 Å². The van der Waals surface area contributed by atoms with Gasteiger partial charge in [0.25, 0.3) is 14.2 Å². The van der Waals surface area contributed by atoms with Crippen LogP contribution in [0.2, 0.25) is 16.6 Å². The number of halogens is 1. The van der Waals surface area contributed by atoms with Crippen molar-refractivity contribution < 1.29 is 28.3 Å². The highest BCUT2D eigenvalue weighted by Crippen LogP contribution is 2.46. The average molecular weight is 857 g/mol. The maximum Gasteiger partial charge on any atom is 0.408 e. The van der Waals surface area contributed by atoms with Crippen LogP contribution in [0.25, 0.3) is 22.0 Å². The van der Waals surface area contributed by atoms with Gasteiger partial charge in [-0.25, -0.2) is 10.2 Å². The summed E-state index contributed by atoms with van der Waals surface area (Å²) in [6.07, 6.45) is 0.904. The fraction of sp³-hybridized carbons (Fsp3) is 0.585. The molecular formula is C41H57IN4O6Si. The molecule has 3 aliphatic rings. The standard InChI is InChI=1S/C41H57IN4O6Si/c1-22(2)53(23(3)4,24(5)6)52-28-15-25-14-27(17-28)26-12-13-32-29(18-26)31(36(42)43-32)20-41(10,11)21-50-38(48)35-30-19-34(30)46(45-35)37(47)33(16-25)44-39(49)51-40(7,8)9/h12-15,17-18,22-24,30,33-35,43,45H,16,19-21H2,1-11H3,(H,44,49)/t30?,33-,34?,35?/m0/s1. The van der Waals surface area contributed by atoms with E-state index in [1.54, 1.807) is 25.8 Å². The number of carbonyl (C=O) groups excluding carboxylic acids is 3. The first-order valence-corrected chi connectivity index (χ1v) is 22.3. The number of nitrogens with one attached hydrogen (secondary N) is 3. The fourth-order valence-corrected chi connectivity index (χ4v) is 14.7. The molecule has 3 aromatic rings. The molecule has 53 heavy (non-hydrogen) atoms. The Morgan fingerprint density at radius 3 is 2.34 bits per heavy atom. The number of ether oxygens (including phenoxy) is 2. The minimum Gasteiger partial charge on any atom is -0.543 e. The Hall–Kier alpha value is -3.10. The van der Waals surface area contributed by atoms with Crippen molar-refractivity contribution in [3.8, 4) is 16.9 Å². The lowest BCUT2D eigenvalue weighted by Crippen LogP contribution is -2.56. The number of hydrogen-bond donors (Lipinski definition) is 3. The summed E-state index contributed by atoms with van der Waals surface area (Å²) >= 11 is 2.37. The van der Waals surface area contributed by atoms with E-state index in [9.17, 15) is 14.4 Å². The van der Waals surface area contributed by atoms with Crippen molar-refractivity contribution in [1.82, 2.24) is 20.7 Å². The monoisotopic (exact) mass is 856 g/mol. The van der Waals surface area contributed by atoms with Crippen LogP contribution in [0, 0.1) is 15.0 Å². The van der Waals surface area contributed by atoms with E-state index in [0.717, 1.165) is 37.0 Å². The van der Waals surface area contributed by atoms with Crippen LogP contribution >= 0.6 is 22.6 Å². The first-order chi connectivity index (χ1) is 24.7. The molecule has 288 valence electrons. The van der Waals surface area contributed by atoms with Crippen LogP contribution in [-0.4, -0.2) is 66.6 Å². The second-order valence-corrected chi connectivity index (χ2v) is 24.6. The van der Waals surface area contributed by atoms with E-state index in [-0.39, 0.29) is 42.3 Å². The zero-order valence-corrected chi connectivity index (χ0v) is 36.3. The number of cyclic esters (lactones) is 1. The Balaban J connectivity index is 1.51. The Bertz CT molecular complexity index is 1880. The van der Waals surface area contributed by atoms with E-state index in [2.05, 4.69) is 124 Å². The lowest BCUT2D eigenvalue weighted by atomic mass is 9.86. The summed E-state index contributed by atoms with van der Waals surface area (Å²) in [5.41, 5.74) is 8.19. The second kappa shape index (κ2) is 14.5.